The van der Waals surface area contributed by atoms with E-state index < -0.39 is 5.41 Å². The first kappa shape index (κ1) is 19.4. The summed E-state index contributed by atoms with van der Waals surface area (Å²) in [6, 6.07) is 2.06. The molecular weight excluding hydrogens is 348 g/mol. The Kier molecular flexibility index (Phi) is 6.35. The minimum absolute atomic E-state index is 0.0363. The molecule has 0 radical (unpaired) electrons. The molecule has 0 aliphatic heterocycles. The van der Waals surface area contributed by atoms with E-state index in [2.05, 4.69) is 11.4 Å². The fraction of sp³-hybridized carbons (Fsp3) is 0.700. The summed E-state index contributed by atoms with van der Waals surface area (Å²) < 4.78 is 0. The van der Waals surface area contributed by atoms with Crippen molar-refractivity contribution >= 4 is 23.2 Å². The molecule has 0 saturated heterocycles. The van der Waals surface area contributed by atoms with Crippen molar-refractivity contribution in [2.75, 3.05) is 26.7 Å². The Hall–Kier alpha value is -1.40. The molecule has 6 heteroatoms. The van der Waals surface area contributed by atoms with Crippen molar-refractivity contribution in [3.63, 3.8) is 0 Å². The molecule has 2 amide bonds. The van der Waals surface area contributed by atoms with E-state index in [-0.39, 0.29) is 18.4 Å². The maximum atomic E-state index is 12.7. The van der Waals surface area contributed by atoms with E-state index in [0.29, 0.717) is 13.1 Å². The number of hydrogen-bond acceptors (Lipinski definition) is 4. The highest BCUT2D eigenvalue weighted by Gasteiger charge is 2.45. The molecule has 144 valence electrons. The van der Waals surface area contributed by atoms with Crippen LogP contribution in [0.2, 0.25) is 0 Å². The predicted octanol–water partition coefficient (Wildman–Crippen LogP) is 2.76. The van der Waals surface area contributed by atoms with E-state index in [0.717, 1.165) is 37.0 Å². The molecule has 1 fully saturated rings. The molecule has 1 heterocycles. The number of nitrogens with one attached hydrogen (secondary N) is 1. The van der Waals surface area contributed by atoms with Gasteiger partial charge in [0, 0.05) is 25.0 Å². The van der Waals surface area contributed by atoms with Crippen LogP contribution in [0.1, 0.15) is 65.1 Å². The van der Waals surface area contributed by atoms with Gasteiger partial charge < -0.3 is 15.3 Å². The van der Waals surface area contributed by atoms with Crippen molar-refractivity contribution in [3.8, 4) is 0 Å². The van der Waals surface area contributed by atoms with Crippen LogP contribution in [0.5, 0.6) is 0 Å². The zero-order valence-electron chi connectivity index (χ0n) is 15.7. The molecule has 3 rings (SSSR count). The van der Waals surface area contributed by atoms with Gasteiger partial charge in [0.25, 0.3) is 5.91 Å². The molecule has 0 unspecified atom stereocenters. The van der Waals surface area contributed by atoms with Crippen LogP contribution in [0.3, 0.4) is 0 Å². The van der Waals surface area contributed by atoms with Gasteiger partial charge in [-0.2, -0.15) is 0 Å². The molecule has 0 spiro atoms. The first-order valence-corrected chi connectivity index (χ1v) is 10.6. The minimum Gasteiger partial charge on any atom is -0.395 e. The molecule has 0 atom stereocenters. The van der Waals surface area contributed by atoms with Gasteiger partial charge in [-0.1, -0.05) is 19.3 Å². The fourth-order valence-electron chi connectivity index (χ4n) is 4.02. The Labute approximate surface area is 159 Å². The lowest BCUT2D eigenvalue weighted by Crippen LogP contribution is -2.53. The van der Waals surface area contributed by atoms with E-state index in [1.54, 1.807) is 23.3 Å². The third-order valence-corrected chi connectivity index (χ3v) is 7.09. The van der Waals surface area contributed by atoms with Gasteiger partial charge in [0.2, 0.25) is 5.91 Å². The Morgan fingerprint density at radius 2 is 1.92 bits per heavy atom. The van der Waals surface area contributed by atoms with Gasteiger partial charge in [-0.25, -0.2) is 0 Å². The maximum Gasteiger partial charge on any atom is 0.261 e. The second-order valence-electron chi connectivity index (χ2n) is 7.74. The lowest BCUT2D eigenvalue weighted by Gasteiger charge is -2.42. The summed E-state index contributed by atoms with van der Waals surface area (Å²) in [5.41, 5.74) is 0.864. The Morgan fingerprint density at radius 3 is 2.58 bits per heavy atom. The van der Waals surface area contributed by atoms with Crippen LogP contribution in [0, 0.1) is 5.41 Å². The number of hydrogen-bond donors (Lipinski definition) is 2. The lowest BCUT2D eigenvalue weighted by molar-refractivity contribution is -0.146. The average molecular weight is 379 g/mol. The highest BCUT2D eigenvalue weighted by molar-refractivity contribution is 7.14. The monoisotopic (exact) mass is 378 g/mol. The summed E-state index contributed by atoms with van der Waals surface area (Å²) in [4.78, 5) is 29.1. The Morgan fingerprint density at radius 1 is 1.19 bits per heavy atom. The number of fused-ring (bicyclic) bond motifs is 1. The van der Waals surface area contributed by atoms with Crippen LogP contribution in [0.25, 0.3) is 0 Å². The molecule has 1 saturated carbocycles. The molecule has 2 N–H and O–H groups in total. The van der Waals surface area contributed by atoms with Crippen LogP contribution in [-0.4, -0.2) is 48.6 Å². The van der Waals surface area contributed by atoms with Crippen LogP contribution in [-0.2, 0) is 17.6 Å². The molecule has 1 aromatic rings. The van der Waals surface area contributed by atoms with Crippen LogP contribution >= 0.6 is 11.3 Å². The summed E-state index contributed by atoms with van der Waals surface area (Å²) in [5.74, 6) is -0.0119. The average Bonchev–Trinajstić information content (AvgIpc) is 2.96. The fourth-order valence-corrected chi connectivity index (χ4v) is 5.19. The maximum absolute atomic E-state index is 12.7. The van der Waals surface area contributed by atoms with E-state index in [9.17, 15) is 9.59 Å². The number of amides is 2. The summed E-state index contributed by atoms with van der Waals surface area (Å²) in [6.45, 7) is 0.695. The summed E-state index contributed by atoms with van der Waals surface area (Å²) in [5, 5.41) is 12.1. The third-order valence-electron chi connectivity index (χ3n) is 5.85. The molecule has 2 aliphatic carbocycles. The van der Waals surface area contributed by atoms with Crippen LogP contribution in [0.15, 0.2) is 6.07 Å². The van der Waals surface area contributed by atoms with Gasteiger partial charge >= 0.3 is 0 Å². The van der Waals surface area contributed by atoms with Gasteiger partial charge in [0.05, 0.1) is 16.9 Å². The molecule has 0 bridgehead atoms. The van der Waals surface area contributed by atoms with Crippen molar-refractivity contribution in [1.82, 2.24) is 10.2 Å². The highest BCUT2D eigenvalue weighted by atomic mass is 32.1. The number of thiophene rings is 1. The summed E-state index contributed by atoms with van der Waals surface area (Å²) in [7, 11) is 1.72. The van der Waals surface area contributed by atoms with E-state index in [4.69, 9.17) is 5.11 Å². The number of rotatable bonds is 6. The largest absolute Gasteiger partial charge is 0.395 e. The van der Waals surface area contributed by atoms with Gasteiger partial charge in [0.15, 0.2) is 0 Å². The minimum atomic E-state index is -0.481. The molecule has 2 aliphatic rings. The first-order chi connectivity index (χ1) is 12.6. The second kappa shape index (κ2) is 8.53. The van der Waals surface area contributed by atoms with Crippen LogP contribution < -0.4 is 5.32 Å². The molecular formula is C20H30N2O3S. The first-order valence-electron chi connectivity index (χ1n) is 9.82. The summed E-state index contributed by atoms with van der Waals surface area (Å²) >= 11 is 1.62. The van der Waals surface area contributed by atoms with E-state index >= 15 is 0 Å². The topological polar surface area (TPSA) is 69.6 Å². The Bertz CT molecular complexity index is 626. The molecule has 26 heavy (non-hydrogen) atoms. The summed E-state index contributed by atoms with van der Waals surface area (Å²) in [6.07, 6.45) is 9.78. The number of aryl methyl sites for hydroxylation is 2. The number of nitrogens with zero attached hydrogens (tertiary/aromatic N) is 1. The van der Waals surface area contributed by atoms with E-state index in [1.165, 1.54) is 36.1 Å². The number of likely N-dealkylation sites (N-methyl/N-ethyl adjacent to an activating group) is 1. The standard InChI is InChI=1S/C20H30N2O3S/c1-22(11-12-23)19(25)20(9-6-10-20)14-21-18(24)17-13-15-7-4-2-3-5-8-16(15)26-17/h13,23H,2-12,14H2,1H3,(H,21,24). The zero-order valence-corrected chi connectivity index (χ0v) is 16.5. The smallest absolute Gasteiger partial charge is 0.261 e. The van der Waals surface area contributed by atoms with E-state index in [1.807, 2.05) is 0 Å². The van der Waals surface area contributed by atoms with Gasteiger partial charge in [-0.15, -0.1) is 11.3 Å². The van der Waals surface area contributed by atoms with Crippen LogP contribution in [0.4, 0.5) is 0 Å². The third kappa shape index (κ3) is 4.12. The highest BCUT2D eigenvalue weighted by Crippen LogP contribution is 2.42. The quantitative estimate of drug-likeness (QED) is 0.800. The number of carbonyl (C=O) groups is 2. The van der Waals surface area contributed by atoms with Crippen molar-refractivity contribution in [2.24, 2.45) is 5.41 Å². The number of carbonyl (C=O) groups excluding carboxylic acids is 2. The second-order valence-corrected chi connectivity index (χ2v) is 8.88. The number of aliphatic hydroxyl groups is 1. The van der Waals surface area contributed by atoms with Gasteiger partial charge in [0.1, 0.15) is 0 Å². The molecule has 0 aromatic carbocycles. The molecule has 5 nitrogen and oxygen atoms in total. The zero-order chi connectivity index (χ0) is 18.6. The molecule has 1 aromatic heterocycles. The van der Waals surface area contributed by atoms with Crippen molar-refractivity contribution in [2.45, 2.75) is 57.8 Å². The predicted molar refractivity (Wildman–Crippen MR) is 104 cm³/mol. The Balaban J connectivity index is 1.62. The van der Waals surface area contributed by atoms with Gasteiger partial charge in [-0.3, -0.25) is 9.59 Å². The lowest BCUT2D eigenvalue weighted by atomic mass is 9.67. The SMILES string of the molecule is CN(CCO)C(=O)C1(CNC(=O)c2cc3c(s2)CCCCCC3)CCC1. The van der Waals surface area contributed by atoms with Crippen molar-refractivity contribution in [1.29, 1.82) is 0 Å². The number of aliphatic hydroxyl groups excluding tert-OH is 1. The normalized spacial score (nSPS) is 18.8. The van der Waals surface area contributed by atoms with Crippen molar-refractivity contribution < 1.29 is 14.7 Å². The van der Waals surface area contributed by atoms with Crippen molar-refractivity contribution in [3.05, 3.63) is 21.4 Å². The van der Waals surface area contributed by atoms with Gasteiger partial charge in [-0.05, 0) is 50.2 Å².